The average Bonchev–Trinajstić information content (AvgIpc) is 3.48. The van der Waals surface area contributed by atoms with Crippen molar-refractivity contribution in [3.05, 3.63) is 35.9 Å². The Kier molecular flexibility index (Phi) is 6.65. The molecular formula is C34H52O3. The minimum atomic E-state index is -0.321. The molecule has 3 nitrogen and oxygen atoms in total. The van der Waals surface area contributed by atoms with Crippen molar-refractivity contribution < 1.29 is 14.6 Å². The van der Waals surface area contributed by atoms with E-state index in [9.17, 15) is 5.11 Å². The zero-order chi connectivity index (χ0) is 26.1. The third-order valence-corrected chi connectivity index (χ3v) is 12.7. The fourth-order valence-corrected chi connectivity index (χ4v) is 10.7. The SMILES string of the molecule is CC(C)CCC[C@@H](C)[C@H]1CC[C@@H]2[C@]1(C)CC[C@@]13O[C@@]21[C@H](O)C[C@H]1C[C@@H](OCc2ccccc2)CC[C@@]13C. The van der Waals surface area contributed by atoms with Gasteiger partial charge in [0.1, 0.15) is 11.2 Å². The summed E-state index contributed by atoms with van der Waals surface area (Å²) in [6.45, 7) is 13.0. The van der Waals surface area contributed by atoms with Crippen molar-refractivity contribution in [2.24, 2.45) is 40.4 Å². The average molecular weight is 509 g/mol. The molecule has 0 unspecified atom stereocenters. The normalized spacial score (nSPS) is 47.1. The number of fused-ring (bicyclic) bond motifs is 2. The second-order valence-corrected chi connectivity index (χ2v) is 14.8. The van der Waals surface area contributed by atoms with Gasteiger partial charge in [-0.1, -0.05) is 84.2 Å². The van der Waals surface area contributed by atoms with Crippen LogP contribution in [-0.2, 0) is 16.1 Å². The summed E-state index contributed by atoms with van der Waals surface area (Å²) in [5.41, 5.74) is 1.35. The predicted octanol–water partition coefficient (Wildman–Crippen LogP) is 7.94. The molecule has 37 heavy (non-hydrogen) atoms. The summed E-state index contributed by atoms with van der Waals surface area (Å²) < 4.78 is 13.5. The standard InChI is InChI=1S/C34H52O3/c1-23(2)10-9-11-24(3)28-14-15-29-31(28,4)18-19-33-32(5)17-16-27(36-22-25-12-7-6-8-13-25)20-26(32)21-30(35)34(29,33)37-33/h6-8,12-13,23-24,26-30,35H,9-11,14-22H2,1-5H3/t24-,26-,27+,28-,29-,30-,31-,32+,33+,34-/m1/s1. The van der Waals surface area contributed by atoms with Crippen LogP contribution >= 0.6 is 0 Å². The maximum absolute atomic E-state index is 11.9. The molecule has 3 heteroatoms. The van der Waals surface area contributed by atoms with Gasteiger partial charge in [0.2, 0.25) is 0 Å². The summed E-state index contributed by atoms with van der Waals surface area (Å²) in [5.74, 6) is 3.37. The highest BCUT2D eigenvalue weighted by Gasteiger charge is 2.88. The molecule has 5 fully saturated rings. The van der Waals surface area contributed by atoms with Gasteiger partial charge in [-0.2, -0.15) is 0 Å². The molecule has 0 amide bonds. The molecule has 1 aromatic rings. The highest BCUT2D eigenvalue weighted by Crippen LogP contribution is 2.81. The van der Waals surface area contributed by atoms with E-state index in [1.54, 1.807) is 0 Å². The van der Waals surface area contributed by atoms with Gasteiger partial charge in [0.05, 0.1) is 18.8 Å². The Balaban J connectivity index is 1.16. The van der Waals surface area contributed by atoms with Crippen LogP contribution in [0.2, 0.25) is 0 Å². The molecule has 4 saturated carbocycles. The smallest absolute Gasteiger partial charge is 0.128 e. The number of aliphatic hydroxyl groups excluding tert-OH is 1. The van der Waals surface area contributed by atoms with E-state index in [1.807, 2.05) is 0 Å². The van der Waals surface area contributed by atoms with E-state index >= 15 is 0 Å². The highest BCUT2D eigenvalue weighted by atomic mass is 16.6. The fourth-order valence-electron chi connectivity index (χ4n) is 10.7. The van der Waals surface area contributed by atoms with E-state index in [1.165, 1.54) is 50.5 Å². The number of rotatable bonds is 8. The summed E-state index contributed by atoms with van der Waals surface area (Å²) in [6, 6.07) is 10.6. The Morgan fingerprint density at radius 1 is 0.973 bits per heavy atom. The molecule has 10 atom stereocenters. The lowest BCUT2D eigenvalue weighted by Gasteiger charge is -2.58. The molecule has 1 N–H and O–H groups in total. The quantitative estimate of drug-likeness (QED) is 0.362. The van der Waals surface area contributed by atoms with Crippen LogP contribution in [0.1, 0.15) is 111 Å². The number of hydrogen-bond acceptors (Lipinski definition) is 3. The molecule has 1 saturated heterocycles. The van der Waals surface area contributed by atoms with Crippen molar-refractivity contribution in [2.45, 2.75) is 135 Å². The predicted molar refractivity (Wildman–Crippen MR) is 149 cm³/mol. The maximum Gasteiger partial charge on any atom is 0.128 e. The molecule has 5 aliphatic rings. The van der Waals surface area contributed by atoms with Crippen LogP contribution in [0.3, 0.4) is 0 Å². The molecule has 0 bridgehead atoms. The van der Waals surface area contributed by atoms with Gasteiger partial charge in [-0.15, -0.1) is 0 Å². The van der Waals surface area contributed by atoms with Gasteiger partial charge in [-0.3, -0.25) is 0 Å². The molecule has 6 rings (SSSR count). The summed E-state index contributed by atoms with van der Waals surface area (Å²) in [6.07, 6.45) is 13.3. The Morgan fingerprint density at radius 3 is 2.51 bits per heavy atom. The lowest BCUT2D eigenvalue weighted by atomic mass is 9.43. The van der Waals surface area contributed by atoms with Gasteiger partial charge in [0.25, 0.3) is 0 Å². The van der Waals surface area contributed by atoms with Crippen molar-refractivity contribution in [2.75, 3.05) is 0 Å². The van der Waals surface area contributed by atoms with Crippen molar-refractivity contribution >= 4 is 0 Å². The molecule has 1 aliphatic heterocycles. The number of ether oxygens (including phenoxy) is 2. The Bertz CT molecular complexity index is 961. The van der Waals surface area contributed by atoms with Crippen LogP contribution < -0.4 is 0 Å². The number of epoxide rings is 1. The van der Waals surface area contributed by atoms with Crippen LogP contribution in [0.5, 0.6) is 0 Å². The first-order chi connectivity index (χ1) is 17.7. The van der Waals surface area contributed by atoms with Crippen LogP contribution in [0.25, 0.3) is 0 Å². The molecule has 1 aromatic carbocycles. The lowest BCUT2D eigenvalue weighted by Crippen LogP contribution is -2.64. The Labute approximate surface area is 226 Å². The zero-order valence-corrected chi connectivity index (χ0v) is 24.2. The van der Waals surface area contributed by atoms with E-state index in [2.05, 4.69) is 65.0 Å². The van der Waals surface area contributed by atoms with E-state index < -0.39 is 0 Å². The van der Waals surface area contributed by atoms with Gasteiger partial charge >= 0.3 is 0 Å². The minimum absolute atomic E-state index is 0.104. The third-order valence-electron chi connectivity index (χ3n) is 12.7. The lowest BCUT2D eigenvalue weighted by molar-refractivity contribution is -0.126. The van der Waals surface area contributed by atoms with Crippen molar-refractivity contribution in [1.29, 1.82) is 0 Å². The van der Waals surface area contributed by atoms with Gasteiger partial charge in [-0.25, -0.2) is 0 Å². The second kappa shape index (κ2) is 9.34. The number of benzene rings is 1. The Morgan fingerprint density at radius 2 is 1.76 bits per heavy atom. The van der Waals surface area contributed by atoms with E-state index in [4.69, 9.17) is 9.47 Å². The largest absolute Gasteiger partial charge is 0.390 e. The zero-order valence-electron chi connectivity index (χ0n) is 24.2. The maximum atomic E-state index is 11.9. The van der Waals surface area contributed by atoms with Crippen molar-refractivity contribution in [1.82, 2.24) is 0 Å². The summed E-state index contributed by atoms with van der Waals surface area (Å²) >= 11 is 0. The van der Waals surface area contributed by atoms with Gasteiger partial charge in [-0.05, 0) is 91.9 Å². The summed E-state index contributed by atoms with van der Waals surface area (Å²) in [5, 5.41) is 11.9. The first-order valence-corrected chi connectivity index (χ1v) is 15.7. The number of hydrogen-bond donors (Lipinski definition) is 1. The molecule has 0 aromatic heterocycles. The van der Waals surface area contributed by atoms with Crippen LogP contribution in [0.4, 0.5) is 0 Å². The highest BCUT2D eigenvalue weighted by molar-refractivity contribution is 5.36. The van der Waals surface area contributed by atoms with E-state index in [0.717, 1.165) is 43.4 Å². The summed E-state index contributed by atoms with van der Waals surface area (Å²) in [4.78, 5) is 0. The van der Waals surface area contributed by atoms with Gasteiger partial charge < -0.3 is 14.6 Å². The third kappa shape index (κ3) is 3.84. The first-order valence-electron chi connectivity index (χ1n) is 15.7. The number of aliphatic hydroxyl groups is 1. The van der Waals surface area contributed by atoms with Crippen molar-refractivity contribution in [3.8, 4) is 0 Å². The van der Waals surface area contributed by atoms with Crippen LogP contribution in [0.15, 0.2) is 30.3 Å². The molecular weight excluding hydrogens is 456 g/mol. The Hall–Kier alpha value is -0.900. The second-order valence-electron chi connectivity index (χ2n) is 14.8. The summed E-state index contributed by atoms with van der Waals surface area (Å²) in [7, 11) is 0. The monoisotopic (exact) mass is 508 g/mol. The van der Waals surface area contributed by atoms with Crippen molar-refractivity contribution in [3.63, 3.8) is 0 Å². The van der Waals surface area contributed by atoms with E-state index in [-0.39, 0.29) is 22.7 Å². The minimum Gasteiger partial charge on any atom is -0.390 e. The van der Waals surface area contributed by atoms with Gasteiger partial charge in [0.15, 0.2) is 0 Å². The molecule has 206 valence electrons. The molecule has 4 aliphatic carbocycles. The first kappa shape index (κ1) is 26.3. The topological polar surface area (TPSA) is 42.0 Å². The van der Waals surface area contributed by atoms with Gasteiger partial charge in [0, 0.05) is 5.41 Å². The molecule has 1 heterocycles. The van der Waals surface area contributed by atoms with E-state index in [0.29, 0.717) is 30.0 Å². The van der Waals surface area contributed by atoms with Crippen LogP contribution in [0, 0.1) is 40.4 Å². The van der Waals surface area contributed by atoms with Crippen LogP contribution in [-0.4, -0.2) is 28.5 Å². The molecule has 0 spiro atoms. The molecule has 0 radical (unpaired) electrons. The fraction of sp³-hybridized carbons (Fsp3) is 0.824.